The van der Waals surface area contributed by atoms with E-state index in [2.05, 4.69) is 34.3 Å². The summed E-state index contributed by atoms with van der Waals surface area (Å²) in [6.07, 6.45) is 4.99. The normalized spacial score (nSPS) is 18.8. The highest BCUT2D eigenvalue weighted by Gasteiger charge is 2.37. The number of ether oxygens (including phenoxy) is 3. The van der Waals surface area contributed by atoms with Gasteiger partial charge in [-0.15, -0.1) is 0 Å². The zero-order chi connectivity index (χ0) is 19.2. The van der Waals surface area contributed by atoms with Gasteiger partial charge in [0, 0.05) is 5.56 Å². The summed E-state index contributed by atoms with van der Waals surface area (Å²) >= 11 is 2.37. The third-order valence-corrected chi connectivity index (χ3v) is 5.33. The molecular formula is C20H27IO5. The maximum Gasteiger partial charge on any atom is 0.343 e. The predicted molar refractivity (Wildman–Crippen MR) is 109 cm³/mol. The van der Waals surface area contributed by atoms with E-state index >= 15 is 0 Å². The van der Waals surface area contributed by atoms with Crippen molar-refractivity contribution < 1.29 is 23.8 Å². The van der Waals surface area contributed by atoms with Crippen LogP contribution in [-0.4, -0.2) is 35.5 Å². The minimum Gasteiger partial charge on any atom is -0.486 e. The number of carbonyl (C=O) groups excluding carboxylic acids is 2. The molecule has 144 valence electrons. The van der Waals surface area contributed by atoms with E-state index < -0.39 is 11.6 Å². The SMILES string of the molecule is CCCc1c(OCC(=O)OC)ccc2c1OC(C)(CCCCI)CC2=O. The molecule has 1 aromatic carbocycles. The summed E-state index contributed by atoms with van der Waals surface area (Å²) in [6, 6.07) is 3.50. The van der Waals surface area contributed by atoms with E-state index in [0.29, 0.717) is 23.5 Å². The number of hydrogen-bond donors (Lipinski definition) is 0. The van der Waals surface area contributed by atoms with Gasteiger partial charge in [-0.25, -0.2) is 4.79 Å². The van der Waals surface area contributed by atoms with E-state index in [0.717, 1.165) is 42.1 Å². The van der Waals surface area contributed by atoms with Gasteiger partial charge in [0.05, 0.1) is 19.1 Å². The number of ketones is 1. The van der Waals surface area contributed by atoms with E-state index in [1.54, 1.807) is 12.1 Å². The lowest BCUT2D eigenvalue weighted by molar-refractivity contribution is -0.142. The lowest BCUT2D eigenvalue weighted by Crippen LogP contribution is -2.39. The van der Waals surface area contributed by atoms with Crippen LogP contribution < -0.4 is 9.47 Å². The summed E-state index contributed by atoms with van der Waals surface area (Å²) in [7, 11) is 1.33. The maximum absolute atomic E-state index is 12.7. The molecule has 5 nitrogen and oxygen atoms in total. The molecule has 0 N–H and O–H groups in total. The number of rotatable bonds is 9. The predicted octanol–water partition coefficient (Wildman–Crippen LogP) is 4.52. The van der Waals surface area contributed by atoms with Crippen LogP contribution in [-0.2, 0) is 16.0 Å². The Morgan fingerprint density at radius 1 is 1.35 bits per heavy atom. The minimum absolute atomic E-state index is 0.111. The van der Waals surface area contributed by atoms with E-state index in [-0.39, 0.29) is 12.4 Å². The fraction of sp³-hybridized carbons (Fsp3) is 0.600. The summed E-state index contributed by atoms with van der Waals surface area (Å²) < 4.78 is 17.8. The molecule has 0 aromatic heterocycles. The molecule has 6 heteroatoms. The van der Waals surface area contributed by atoms with Gasteiger partial charge in [0.2, 0.25) is 0 Å². The highest BCUT2D eigenvalue weighted by Crippen LogP contribution is 2.42. The quantitative estimate of drug-likeness (QED) is 0.228. The van der Waals surface area contributed by atoms with Crippen molar-refractivity contribution in [3.63, 3.8) is 0 Å². The molecule has 0 spiro atoms. The van der Waals surface area contributed by atoms with Crippen LogP contribution in [0.5, 0.6) is 11.5 Å². The molecule has 26 heavy (non-hydrogen) atoms. The van der Waals surface area contributed by atoms with Crippen molar-refractivity contribution in [3.8, 4) is 11.5 Å². The van der Waals surface area contributed by atoms with Gasteiger partial charge in [0.25, 0.3) is 0 Å². The number of halogens is 1. The van der Waals surface area contributed by atoms with Crippen LogP contribution in [0.3, 0.4) is 0 Å². The van der Waals surface area contributed by atoms with Crippen molar-refractivity contribution in [3.05, 3.63) is 23.3 Å². The molecule has 1 aliphatic heterocycles. The summed E-state index contributed by atoms with van der Waals surface area (Å²) in [5.74, 6) is 0.883. The van der Waals surface area contributed by atoms with Crippen LogP contribution in [0.1, 0.15) is 61.9 Å². The van der Waals surface area contributed by atoms with Gasteiger partial charge in [0.15, 0.2) is 12.4 Å². The Labute approximate surface area is 168 Å². The Morgan fingerprint density at radius 2 is 2.12 bits per heavy atom. The topological polar surface area (TPSA) is 61.8 Å². The molecule has 1 aromatic rings. The van der Waals surface area contributed by atoms with Crippen LogP contribution in [0, 0.1) is 0 Å². The first-order chi connectivity index (χ1) is 12.4. The second kappa shape index (κ2) is 9.58. The lowest BCUT2D eigenvalue weighted by Gasteiger charge is -2.36. The van der Waals surface area contributed by atoms with Gasteiger partial charge >= 0.3 is 5.97 Å². The van der Waals surface area contributed by atoms with Gasteiger partial charge < -0.3 is 14.2 Å². The first-order valence-electron chi connectivity index (χ1n) is 9.07. The van der Waals surface area contributed by atoms with Gasteiger partial charge in [0.1, 0.15) is 17.1 Å². The second-order valence-corrected chi connectivity index (χ2v) is 7.91. The van der Waals surface area contributed by atoms with Crippen LogP contribution in [0.4, 0.5) is 0 Å². The molecule has 2 rings (SSSR count). The molecule has 1 atom stereocenters. The van der Waals surface area contributed by atoms with Crippen molar-refractivity contribution in [1.29, 1.82) is 0 Å². The Hall–Kier alpha value is -1.31. The average Bonchev–Trinajstić information content (AvgIpc) is 2.61. The van der Waals surface area contributed by atoms with Crippen molar-refractivity contribution in [1.82, 2.24) is 0 Å². The fourth-order valence-corrected chi connectivity index (χ4v) is 3.75. The van der Waals surface area contributed by atoms with E-state index in [9.17, 15) is 9.59 Å². The first-order valence-corrected chi connectivity index (χ1v) is 10.6. The van der Waals surface area contributed by atoms with Crippen molar-refractivity contribution in [2.24, 2.45) is 0 Å². The zero-order valence-electron chi connectivity index (χ0n) is 15.7. The third kappa shape index (κ3) is 5.11. The van der Waals surface area contributed by atoms with Crippen molar-refractivity contribution in [2.45, 2.75) is 58.0 Å². The standard InChI is InChI=1S/C20H27IO5/c1-4-7-15-17(25-13-18(23)24-3)9-8-14-16(22)12-20(2,26-19(14)15)10-5-6-11-21/h8-9H,4-7,10-13H2,1-3H3. The summed E-state index contributed by atoms with van der Waals surface area (Å²) in [5.41, 5.74) is 0.992. The molecule has 0 bridgehead atoms. The highest BCUT2D eigenvalue weighted by atomic mass is 127. The average molecular weight is 474 g/mol. The number of unbranched alkanes of at least 4 members (excludes halogenated alkanes) is 1. The highest BCUT2D eigenvalue weighted by molar-refractivity contribution is 14.1. The number of fused-ring (bicyclic) bond motifs is 1. The summed E-state index contributed by atoms with van der Waals surface area (Å²) in [6.45, 7) is 3.92. The Kier molecular flexibility index (Phi) is 7.73. The second-order valence-electron chi connectivity index (χ2n) is 6.83. The Balaban J connectivity index is 2.32. The van der Waals surface area contributed by atoms with Crippen LogP contribution in [0.25, 0.3) is 0 Å². The maximum atomic E-state index is 12.7. The minimum atomic E-state index is -0.487. The van der Waals surface area contributed by atoms with E-state index in [4.69, 9.17) is 9.47 Å². The number of benzene rings is 1. The van der Waals surface area contributed by atoms with Crippen LogP contribution in [0.15, 0.2) is 12.1 Å². The lowest BCUT2D eigenvalue weighted by atomic mass is 9.86. The summed E-state index contributed by atoms with van der Waals surface area (Å²) in [4.78, 5) is 24.1. The molecule has 0 saturated heterocycles. The number of hydrogen-bond acceptors (Lipinski definition) is 5. The molecule has 0 saturated carbocycles. The Morgan fingerprint density at radius 3 is 2.77 bits per heavy atom. The molecule has 0 radical (unpaired) electrons. The number of Topliss-reactive ketones (excluding diaryl/α,β-unsaturated/α-hetero) is 1. The number of esters is 1. The number of methoxy groups -OCH3 is 1. The molecule has 1 unspecified atom stereocenters. The summed E-state index contributed by atoms with van der Waals surface area (Å²) in [5, 5.41) is 0. The molecule has 1 heterocycles. The molecule has 0 fully saturated rings. The smallest absolute Gasteiger partial charge is 0.343 e. The van der Waals surface area contributed by atoms with Gasteiger partial charge in [-0.3, -0.25) is 4.79 Å². The fourth-order valence-electron chi connectivity index (χ4n) is 3.21. The van der Waals surface area contributed by atoms with Crippen molar-refractivity contribution >= 4 is 34.3 Å². The first kappa shape index (κ1) is 21.0. The van der Waals surface area contributed by atoms with Gasteiger partial charge in [-0.05, 0) is 49.2 Å². The van der Waals surface area contributed by atoms with Crippen LogP contribution >= 0.6 is 22.6 Å². The van der Waals surface area contributed by atoms with Crippen LogP contribution in [0.2, 0.25) is 0 Å². The zero-order valence-corrected chi connectivity index (χ0v) is 17.9. The van der Waals surface area contributed by atoms with E-state index in [1.807, 2.05) is 6.92 Å². The largest absolute Gasteiger partial charge is 0.486 e. The molecule has 0 amide bonds. The Bertz CT molecular complexity index is 658. The van der Waals surface area contributed by atoms with E-state index in [1.165, 1.54) is 7.11 Å². The number of alkyl halides is 1. The molecular weight excluding hydrogens is 447 g/mol. The van der Waals surface area contributed by atoms with Gasteiger partial charge in [-0.1, -0.05) is 35.9 Å². The third-order valence-electron chi connectivity index (χ3n) is 4.56. The molecule has 1 aliphatic rings. The monoisotopic (exact) mass is 474 g/mol. The molecule has 0 aliphatic carbocycles. The number of carbonyl (C=O) groups is 2. The van der Waals surface area contributed by atoms with Crippen molar-refractivity contribution in [2.75, 3.05) is 18.1 Å². The van der Waals surface area contributed by atoms with Gasteiger partial charge in [-0.2, -0.15) is 0 Å².